The summed E-state index contributed by atoms with van der Waals surface area (Å²) in [4.78, 5) is 22.3. The largest absolute Gasteiger partial charge is 0.467 e. The SMILES string of the molecule is O=C(c1cnc(NCc2ccco2)nc1)N1CCOCC1. The van der Waals surface area contributed by atoms with Gasteiger partial charge in [-0.15, -0.1) is 0 Å². The molecule has 110 valence electrons. The lowest BCUT2D eigenvalue weighted by Gasteiger charge is -2.26. The molecule has 0 atom stereocenters. The van der Waals surface area contributed by atoms with Crippen LogP contribution in [0.3, 0.4) is 0 Å². The van der Waals surface area contributed by atoms with Crippen molar-refractivity contribution in [3.63, 3.8) is 0 Å². The number of carbonyl (C=O) groups is 1. The summed E-state index contributed by atoms with van der Waals surface area (Å²) >= 11 is 0. The Morgan fingerprint density at radius 3 is 2.71 bits per heavy atom. The Labute approximate surface area is 121 Å². The summed E-state index contributed by atoms with van der Waals surface area (Å²) in [6.07, 6.45) is 4.69. The van der Waals surface area contributed by atoms with E-state index in [1.807, 2.05) is 12.1 Å². The third kappa shape index (κ3) is 3.38. The zero-order valence-corrected chi connectivity index (χ0v) is 11.5. The van der Waals surface area contributed by atoms with Crippen molar-refractivity contribution in [3.05, 3.63) is 42.1 Å². The molecule has 1 aliphatic rings. The number of hydrogen-bond donors (Lipinski definition) is 1. The molecule has 1 N–H and O–H groups in total. The molecule has 0 saturated carbocycles. The van der Waals surface area contributed by atoms with Gasteiger partial charge in [-0.2, -0.15) is 0 Å². The standard InChI is InChI=1S/C14H16N4O3/c19-13(18-3-6-20-7-4-18)11-8-15-14(16-9-11)17-10-12-2-1-5-21-12/h1-2,5,8-9H,3-4,6-7,10H2,(H,15,16,17). The van der Waals surface area contributed by atoms with Gasteiger partial charge in [-0.25, -0.2) is 9.97 Å². The smallest absolute Gasteiger partial charge is 0.257 e. The van der Waals surface area contributed by atoms with Gasteiger partial charge in [-0.1, -0.05) is 0 Å². The van der Waals surface area contributed by atoms with Crippen LogP contribution in [0, 0.1) is 0 Å². The number of amides is 1. The monoisotopic (exact) mass is 288 g/mol. The molecule has 0 bridgehead atoms. The molecule has 2 aromatic heterocycles. The highest BCUT2D eigenvalue weighted by Crippen LogP contribution is 2.08. The first-order valence-corrected chi connectivity index (χ1v) is 6.78. The van der Waals surface area contributed by atoms with E-state index in [2.05, 4.69) is 15.3 Å². The van der Waals surface area contributed by atoms with Crippen molar-refractivity contribution in [2.75, 3.05) is 31.6 Å². The summed E-state index contributed by atoms with van der Waals surface area (Å²) in [6, 6.07) is 3.69. The molecule has 7 heteroatoms. The Bertz CT molecular complexity index is 577. The molecule has 1 saturated heterocycles. The van der Waals surface area contributed by atoms with Crippen LogP contribution in [-0.4, -0.2) is 47.1 Å². The molecule has 1 fully saturated rings. The zero-order chi connectivity index (χ0) is 14.5. The molecule has 1 aliphatic heterocycles. The van der Waals surface area contributed by atoms with Crippen molar-refractivity contribution in [1.29, 1.82) is 0 Å². The maximum absolute atomic E-state index is 12.2. The predicted molar refractivity (Wildman–Crippen MR) is 74.8 cm³/mol. The lowest BCUT2D eigenvalue weighted by molar-refractivity contribution is 0.0302. The maximum Gasteiger partial charge on any atom is 0.257 e. The van der Waals surface area contributed by atoms with Gasteiger partial charge < -0.3 is 19.4 Å². The van der Waals surface area contributed by atoms with E-state index in [1.54, 1.807) is 11.2 Å². The zero-order valence-electron chi connectivity index (χ0n) is 11.5. The van der Waals surface area contributed by atoms with E-state index in [0.717, 1.165) is 5.76 Å². The molecule has 0 radical (unpaired) electrons. The Balaban J connectivity index is 1.59. The molecule has 7 nitrogen and oxygen atoms in total. The van der Waals surface area contributed by atoms with Crippen molar-refractivity contribution in [3.8, 4) is 0 Å². The van der Waals surface area contributed by atoms with Crippen LogP contribution in [-0.2, 0) is 11.3 Å². The van der Waals surface area contributed by atoms with Gasteiger partial charge >= 0.3 is 0 Å². The summed E-state index contributed by atoms with van der Waals surface area (Å²) in [5, 5.41) is 3.03. The highest BCUT2D eigenvalue weighted by molar-refractivity contribution is 5.93. The molecule has 3 rings (SSSR count). The molecule has 1 amide bonds. The fraction of sp³-hybridized carbons (Fsp3) is 0.357. The van der Waals surface area contributed by atoms with Crippen molar-refractivity contribution in [1.82, 2.24) is 14.9 Å². The van der Waals surface area contributed by atoms with Crippen LogP contribution < -0.4 is 5.32 Å². The summed E-state index contributed by atoms with van der Waals surface area (Å²) in [5.41, 5.74) is 0.487. The van der Waals surface area contributed by atoms with Crippen LogP contribution in [0.4, 0.5) is 5.95 Å². The fourth-order valence-electron chi connectivity index (χ4n) is 2.06. The predicted octanol–water partition coefficient (Wildman–Crippen LogP) is 1.15. The normalized spacial score (nSPS) is 15.0. The first-order valence-electron chi connectivity index (χ1n) is 6.78. The van der Waals surface area contributed by atoms with Crippen molar-refractivity contribution in [2.24, 2.45) is 0 Å². The third-order valence-corrected chi connectivity index (χ3v) is 3.20. The van der Waals surface area contributed by atoms with Crippen molar-refractivity contribution < 1.29 is 13.9 Å². The summed E-state index contributed by atoms with van der Waals surface area (Å²) < 4.78 is 10.4. The number of ether oxygens (including phenoxy) is 1. The molecule has 21 heavy (non-hydrogen) atoms. The molecule has 0 spiro atoms. The Morgan fingerprint density at radius 1 is 1.29 bits per heavy atom. The fourth-order valence-corrected chi connectivity index (χ4v) is 2.06. The van der Waals surface area contributed by atoms with Crippen LogP contribution in [0.1, 0.15) is 16.1 Å². The first-order chi connectivity index (χ1) is 10.3. The van der Waals surface area contributed by atoms with E-state index >= 15 is 0 Å². The summed E-state index contributed by atoms with van der Waals surface area (Å²) in [5.74, 6) is 1.20. The average molecular weight is 288 g/mol. The molecular formula is C14H16N4O3. The number of hydrogen-bond acceptors (Lipinski definition) is 6. The van der Waals surface area contributed by atoms with Gasteiger partial charge in [0, 0.05) is 25.5 Å². The number of carbonyl (C=O) groups excluding carboxylic acids is 1. The molecule has 0 unspecified atom stereocenters. The first kappa shape index (κ1) is 13.6. The van der Waals surface area contributed by atoms with E-state index in [-0.39, 0.29) is 5.91 Å². The molecule has 2 aromatic rings. The van der Waals surface area contributed by atoms with Gasteiger partial charge in [0.05, 0.1) is 31.6 Å². The number of rotatable bonds is 4. The number of aromatic nitrogens is 2. The van der Waals surface area contributed by atoms with Crippen LogP contribution in [0.25, 0.3) is 0 Å². The lowest BCUT2D eigenvalue weighted by atomic mass is 10.3. The third-order valence-electron chi connectivity index (χ3n) is 3.20. The summed E-state index contributed by atoms with van der Waals surface area (Å²) in [6.45, 7) is 2.88. The quantitative estimate of drug-likeness (QED) is 0.909. The number of nitrogens with one attached hydrogen (secondary N) is 1. The minimum atomic E-state index is -0.0594. The Morgan fingerprint density at radius 2 is 2.05 bits per heavy atom. The van der Waals surface area contributed by atoms with E-state index in [4.69, 9.17) is 9.15 Å². The highest BCUT2D eigenvalue weighted by atomic mass is 16.5. The van der Waals surface area contributed by atoms with E-state index in [0.29, 0.717) is 44.4 Å². The molecular weight excluding hydrogens is 272 g/mol. The van der Waals surface area contributed by atoms with Gasteiger partial charge in [-0.3, -0.25) is 4.79 Å². The van der Waals surface area contributed by atoms with E-state index in [1.165, 1.54) is 12.4 Å². The average Bonchev–Trinajstić information content (AvgIpc) is 3.07. The van der Waals surface area contributed by atoms with Gasteiger partial charge in [0.2, 0.25) is 5.95 Å². The van der Waals surface area contributed by atoms with E-state index < -0.39 is 0 Å². The molecule has 3 heterocycles. The summed E-state index contributed by atoms with van der Waals surface area (Å²) in [7, 11) is 0. The Hall–Kier alpha value is -2.41. The van der Waals surface area contributed by atoms with Gasteiger partial charge in [0.1, 0.15) is 5.76 Å². The van der Waals surface area contributed by atoms with Crippen LogP contribution in [0.5, 0.6) is 0 Å². The minimum absolute atomic E-state index is 0.0594. The number of furan rings is 1. The minimum Gasteiger partial charge on any atom is -0.467 e. The molecule has 0 aliphatic carbocycles. The van der Waals surface area contributed by atoms with Gasteiger partial charge in [0.15, 0.2) is 0 Å². The Kier molecular flexibility index (Phi) is 4.11. The second kappa shape index (κ2) is 6.36. The lowest BCUT2D eigenvalue weighted by Crippen LogP contribution is -2.40. The van der Waals surface area contributed by atoms with Crippen LogP contribution in [0.2, 0.25) is 0 Å². The highest BCUT2D eigenvalue weighted by Gasteiger charge is 2.19. The van der Waals surface area contributed by atoms with Crippen LogP contribution >= 0.6 is 0 Å². The maximum atomic E-state index is 12.2. The topological polar surface area (TPSA) is 80.5 Å². The van der Waals surface area contributed by atoms with Crippen molar-refractivity contribution >= 4 is 11.9 Å². The van der Waals surface area contributed by atoms with Crippen molar-refractivity contribution in [2.45, 2.75) is 6.54 Å². The molecule has 0 aromatic carbocycles. The second-order valence-corrected chi connectivity index (χ2v) is 4.63. The van der Waals surface area contributed by atoms with Gasteiger partial charge in [0.25, 0.3) is 5.91 Å². The number of anilines is 1. The second-order valence-electron chi connectivity index (χ2n) is 4.63. The van der Waals surface area contributed by atoms with Crippen LogP contribution in [0.15, 0.2) is 35.2 Å². The number of nitrogens with zero attached hydrogens (tertiary/aromatic N) is 3. The van der Waals surface area contributed by atoms with Gasteiger partial charge in [-0.05, 0) is 12.1 Å². The van der Waals surface area contributed by atoms with E-state index in [9.17, 15) is 4.79 Å². The number of morpholine rings is 1.